The molecule has 0 unspecified atom stereocenters. The van der Waals surface area contributed by atoms with Crippen LogP contribution in [-0.4, -0.2) is 16.2 Å². The van der Waals surface area contributed by atoms with Crippen LogP contribution < -0.4 is 5.01 Å². The first-order valence-electron chi connectivity index (χ1n) is 9.07. The molecule has 0 spiro atoms. The molecule has 0 saturated heterocycles. The zero-order valence-electron chi connectivity index (χ0n) is 16.0. The van der Waals surface area contributed by atoms with Gasteiger partial charge in [0.05, 0.1) is 17.0 Å². The number of aryl methyl sites for hydroxylation is 1. The Kier molecular flexibility index (Phi) is 4.65. The summed E-state index contributed by atoms with van der Waals surface area (Å²) in [7, 11) is 0. The highest BCUT2D eigenvalue weighted by molar-refractivity contribution is 6.32. The summed E-state index contributed by atoms with van der Waals surface area (Å²) in [5, 5.41) is 6.62. The van der Waals surface area contributed by atoms with E-state index in [0.29, 0.717) is 16.3 Å². The molecule has 2 heterocycles. The summed E-state index contributed by atoms with van der Waals surface area (Å²) in [6, 6.07) is 19.3. The molecule has 0 saturated carbocycles. The third kappa shape index (κ3) is 3.16. The number of nitrogens with zero attached hydrogens (tertiary/aromatic N) is 3. The van der Waals surface area contributed by atoms with E-state index in [2.05, 4.69) is 29.6 Å². The van der Waals surface area contributed by atoms with E-state index in [-0.39, 0.29) is 5.91 Å². The number of rotatable bonds is 3. The van der Waals surface area contributed by atoms with E-state index in [1.807, 2.05) is 67.6 Å². The van der Waals surface area contributed by atoms with Crippen molar-refractivity contribution in [2.75, 3.05) is 5.01 Å². The molecule has 0 atom stereocenters. The summed E-state index contributed by atoms with van der Waals surface area (Å²) in [5.74, 6) is -0.111. The van der Waals surface area contributed by atoms with Gasteiger partial charge in [-0.25, -0.2) is 0 Å². The first kappa shape index (κ1) is 18.3. The second kappa shape index (κ2) is 7.13. The highest BCUT2D eigenvalue weighted by Gasteiger charge is 2.29. The lowest BCUT2D eigenvalue weighted by Gasteiger charge is -2.11. The van der Waals surface area contributed by atoms with Gasteiger partial charge in [0, 0.05) is 22.1 Å². The number of amides is 1. The zero-order valence-corrected chi connectivity index (χ0v) is 16.7. The minimum absolute atomic E-state index is 0.111. The van der Waals surface area contributed by atoms with E-state index in [9.17, 15) is 4.79 Å². The summed E-state index contributed by atoms with van der Waals surface area (Å²) in [4.78, 5) is 13.0. The predicted octanol–water partition coefficient (Wildman–Crippen LogP) is 5.55. The van der Waals surface area contributed by atoms with Crippen molar-refractivity contribution in [2.45, 2.75) is 20.8 Å². The van der Waals surface area contributed by atoms with E-state index >= 15 is 0 Å². The van der Waals surface area contributed by atoms with Crippen molar-refractivity contribution in [3.05, 3.63) is 88.2 Å². The minimum atomic E-state index is -0.111. The van der Waals surface area contributed by atoms with Crippen LogP contribution in [0.3, 0.4) is 0 Å². The summed E-state index contributed by atoms with van der Waals surface area (Å²) in [6.45, 7) is 5.97. The molecule has 4 rings (SSSR count). The topological polar surface area (TPSA) is 37.6 Å². The van der Waals surface area contributed by atoms with Gasteiger partial charge < -0.3 is 4.57 Å². The molecule has 140 valence electrons. The SMILES string of the molecule is CC1=NN(c2ccccc2)C(=O)/C1=C/c1cc(C)n(-c2ccc(Cl)cc2)c1C. The van der Waals surface area contributed by atoms with Gasteiger partial charge in [-0.3, -0.25) is 4.79 Å². The molecule has 3 aromatic rings. The lowest BCUT2D eigenvalue weighted by molar-refractivity contribution is -0.114. The number of halogens is 1. The predicted molar refractivity (Wildman–Crippen MR) is 115 cm³/mol. The van der Waals surface area contributed by atoms with Crippen LogP contribution in [0.2, 0.25) is 5.02 Å². The third-order valence-corrected chi connectivity index (χ3v) is 5.17. The Morgan fingerprint density at radius 2 is 1.61 bits per heavy atom. The minimum Gasteiger partial charge on any atom is -0.318 e. The lowest BCUT2D eigenvalue weighted by atomic mass is 10.1. The number of hydrogen-bond acceptors (Lipinski definition) is 2. The van der Waals surface area contributed by atoms with Gasteiger partial charge in [-0.15, -0.1) is 0 Å². The number of para-hydroxylation sites is 1. The van der Waals surface area contributed by atoms with Crippen LogP contribution in [0.15, 0.2) is 71.3 Å². The van der Waals surface area contributed by atoms with Gasteiger partial charge in [-0.05, 0) is 74.9 Å². The molecule has 1 aliphatic rings. The summed E-state index contributed by atoms with van der Waals surface area (Å²) in [6.07, 6.45) is 1.93. The van der Waals surface area contributed by atoms with E-state index in [4.69, 9.17) is 11.6 Å². The van der Waals surface area contributed by atoms with Gasteiger partial charge in [-0.1, -0.05) is 29.8 Å². The molecule has 28 heavy (non-hydrogen) atoms. The van der Waals surface area contributed by atoms with E-state index in [0.717, 1.165) is 28.3 Å². The molecule has 1 aromatic heterocycles. The van der Waals surface area contributed by atoms with Crippen molar-refractivity contribution >= 4 is 35.0 Å². The van der Waals surface area contributed by atoms with Gasteiger partial charge in [-0.2, -0.15) is 10.1 Å². The fourth-order valence-electron chi connectivity index (χ4n) is 3.51. The molecule has 2 aromatic carbocycles. The normalized spacial score (nSPS) is 15.4. The Morgan fingerprint density at radius 3 is 2.29 bits per heavy atom. The van der Waals surface area contributed by atoms with Crippen molar-refractivity contribution in [1.29, 1.82) is 0 Å². The number of carbonyl (C=O) groups excluding carboxylic acids is 1. The Balaban J connectivity index is 1.72. The zero-order chi connectivity index (χ0) is 19.8. The number of aromatic nitrogens is 1. The number of benzene rings is 2. The molecular formula is C23H20ClN3O. The third-order valence-electron chi connectivity index (χ3n) is 4.92. The Labute approximate surface area is 169 Å². The fraction of sp³-hybridized carbons (Fsp3) is 0.130. The van der Waals surface area contributed by atoms with E-state index in [1.54, 1.807) is 0 Å². The average molecular weight is 390 g/mol. The monoisotopic (exact) mass is 389 g/mol. The number of anilines is 1. The number of hydrogen-bond donors (Lipinski definition) is 0. The Bertz CT molecular complexity index is 1110. The van der Waals surface area contributed by atoms with Gasteiger partial charge in [0.15, 0.2) is 0 Å². The van der Waals surface area contributed by atoms with E-state index in [1.165, 1.54) is 5.01 Å². The van der Waals surface area contributed by atoms with Crippen LogP contribution in [-0.2, 0) is 4.79 Å². The molecule has 0 aliphatic carbocycles. The molecule has 1 aliphatic heterocycles. The van der Waals surface area contributed by atoms with Crippen molar-refractivity contribution in [2.24, 2.45) is 5.10 Å². The smallest absolute Gasteiger partial charge is 0.280 e. The van der Waals surface area contributed by atoms with Gasteiger partial charge in [0.2, 0.25) is 0 Å². The molecule has 4 nitrogen and oxygen atoms in total. The summed E-state index contributed by atoms with van der Waals surface area (Å²) < 4.78 is 2.16. The maximum absolute atomic E-state index is 13.0. The van der Waals surface area contributed by atoms with Crippen LogP contribution in [0, 0.1) is 13.8 Å². The average Bonchev–Trinajstić information content (AvgIpc) is 3.13. The molecule has 0 radical (unpaired) electrons. The number of hydrazone groups is 1. The molecule has 0 N–H and O–H groups in total. The fourth-order valence-corrected chi connectivity index (χ4v) is 3.63. The first-order chi connectivity index (χ1) is 13.5. The standard InChI is InChI=1S/C23H20ClN3O/c1-15-13-18(17(3)26(15)20-11-9-19(24)10-12-20)14-22-16(2)25-27(23(22)28)21-7-5-4-6-8-21/h4-14H,1-3H3/b22-14+. The number of carbonyl (C=O) groups is 1. The first-order valence-corrected chi connectivity index (χ1v) is 9.45. The molecule has 1 amide bonds. The van der Waals surface area contributed by atoms with Crippen LogP contribution in [0.4, 0.5) is 5.69 Å². The molecule has 5 heteroatoms. The van der Waals surface area contributed by atoms with Crippen LogP contribution in [0.25, 0.3) is 11.8 Å². The van der Waals surface area contributed by atoms with Gasteiger partial charge in [0.1, 0.15) is 0 Å². The Hall–Kier alpha value is -3.11. The molecular weight excluding hydrogens is 370 g/mol. The van der Waals surface area contributed by atoms with Crippen LogP contribution >= 0.6 is 11.6 Å². The maximum Gasteiger partial charge on any atom is 0.280 e. The van der Waals surface area contributed by atoms with Gasteiger partial charge >= 0.3 is 0 Å². The largest absolute Gasteiger partial charge is 0.318 e. The summed E-state index contributed by atoms with van der Waals surface area (Å²) >= 11 is 6.02. The lowest BCUT2D eigenvalue weighted by Crippen LogP contribution is -2.21. The quantitative estimate of drug-likeness (QED) is 0.541. The van der Waals surface area contributed by atoms with Gasteiger partial charge in [0.25, 0.3) is 5.91 Å². The van der Waals surface area contributed by atoms with Crippen molar-refractivity contribution in [3.63, 3.8) is 0 Å². The van der Waals surface area contributed by atoms with E-state index < -0.39 is 0 Å². The highest BCUT2D eigenvalue weighted by atomic mass is 35.5. The second-order valence-electron chi connectivity index (χ2n) is 6.83. The second-order valence-corrected chi connectivity index (χ2v) is 7.27. The Morgan fingerprint density at radius 1 is 0.929 bits per heavy atom. The van der Waals surface area contributed by atoms with Crippen molar-refractivity contribution in [1.82, 2.24) is 4.57 Å². The maximum atomic E-state index is 13.0. The van der Waals surface area contributed by atoms with Crippen molar-refractivity contribution in [3.8, 4) is 5.69 Å². The highest BCUT2D eigenvalue weighted by Crippen LogP contribution is 2.28. The van der Waals surface area contributed by atoms with Crippen LogP contribution in [0.5, 0.6) is 0 Å². The van der Waals surface area contributed by atoms with Crippen molar-refractivity contribution < 1.29 is 4.79 Å². The molecule has 0 fully saturated rings. The summed E-state index contributed by atoms with van der Waals surface area (Å²) in [5.41, 5.74) is 6.28. The van der Waals surface area contributed by atoms with Crippen LogP contribution in [0.1, 0.15) is 23.9 Å². The molecule has 0 bridgehead atoms.